The molecule has 0 spiro atoms. The van der Waals surface area contributed by atoms with Gasteiger partial charge in [-0.2, -0.15) is 0 Å². The Hall–Kier alpha value is -0.940. The van der Waals surface area contributed by atoms with E-state index in [1.807, 2.05) is 6.07 Å². The second-order valence-electron chi connectivity index (χ2n) is 5.36. The van der Waals surface area contributed by atoms with Gasteiger partial charge >= 0.3 is 0 Å². The Bertz CT molecular complexity index is 408. The molecule has 20 heavy (non-hydrogen) atoms. The van der Waals surface area contributed by atoms with Gasteiger partial charge in [0.15, 0.2) is 6.29 Å². The van der Waals surface area contributed by atoms with Gasteiger partial charge in [0.1, 0.15) is 0 Å². The lowest BCUT2D eigenvalue weighted by Crippen LogP contribution is -2.31. The predicted molar refractivity (Wildman–Crippen MR) is 74.1 cm³/mol. The molecule has 110 valence electrons. The first-order chi connectivity index (χ1) is 9.85. The first-order valence-electron chi connectivity index (χ1n) is 7.44. The summed E-state index contributed by atoms with van der Waals surface area (Å²) in [6, 6.07) is 10.5. The van der Waals surface area contributed by atoms with Gasteiger partial charge in [-0.15, -0.1) is 0 Å². The van der Waals surface area contributed by atoms with Gasteiger partial charge in [0.25, 0.3) is 6.48 Å². The van der Waals surface area contributed by atoms with Gasteiger partial charge < -0.3 is 18.9 Å². The molecule has 1 aromatic rings. The third kappa shape index (κ3) is 3.38. The van der Waals surface area contributed by atoms with Crippen LogP contribution in [0.4, 0.5) is 0 Å². The van der Waals surface area contributed by atoms with Crippen LogP contribution in [0.2, 0.25) is 0 Å². The van der Waals surface area contributed by atoms with E-state index in [0.717, 1.165) is 19.3 Å². The van der Waals surface area contributed by atoms with Crippen LogP contribution < -0.4 is 0 Å². The van der Waals surface area contributed by atoms with Gasteiger partial charge in [-0.25, -0.2) is 0 Å². The normalized spacial score (nSPS) is 34.2. The maximum Gasteiger partial charge on any atom is 0.274 e. The van der Waals surface area contributed by atoms with Crippen LogP contribution in [0.25, 0.3) is 0 Å². The molecule has 4 atom stereocenters. The zero-order valence-electron chi connectivity index (χ0n) is 11.9. The van der Waals surface area contributed by atoms with Crippen molar-refractivity contribution in [1.82, 2.24) is 0 Å². The first-order valence-corrected chi connectivity index (χ1v) is 7.44. The minimum Gasteiger partial charge on any atom is -0.352 e. The van der Waals surface area contributed by atoms with Gasteiger partial charge in [0, 0.05) is 6.42 Å². The van der Waals surface area contributed by atoms with Gasteiger partial charge in [-0.05, 0) is 24.3 Å². The summed E-state index contributed by atoms with van der Waals surface area (Å²) in [5.74, 6) is 0.485. The smallest absolute Gasteiger partial charge is 0.274 e. The molecule has 4 heteroatoms. The highest BCUT2D eigenvalue weighted by Crippen LogP contribution is 2.31. The van der Waals surface area contributed by atoms with Crippen LogP contribution >= 0.6 is 0 Å². The summed E-state index contributed by atoms with van der Waals surface area (Å²) < 4.78 is 22.6. The fraction of sp³-hybridized carbons (Fsp3) is 0.625. The van der Waals surface area contributed by atoms with Crippen LogP contribution in [0.5, 0.6) is 0 Å². The molecule has 2 aliphatic heterocycles. The van der Waals surface area contributed by atoms with E-state index in [1.165, 1.54) is 5.56 Å². The number of rotatable bonds is 4. The lowest BCUT2D eigenvalue weighted by atomic mass is 9.91. The summed E-state index contributed by atoms with van der Waals surface area (Å²) in [4.78, 5) is 0. The Balaban J connectivity index is 1.53. The zero-order chi connectivity index (χ0) is 13.8. The van der Waals surface area contributed by atoms with Crippen LogP contribution in [0.15, 0.2) is 30.3 Å². The third-order valence-corrected chi connectivity index (χ3v) is 3.96. The Morgan fingerprint density at radius 2 is 2.05 bits per heavy atom. The van der Waals surface area contributed by atoms with E-state index >= 15 is 0 Å². The summed E-state index contributed by atoms with van der Waals surface area (Å²) >= 11 is 0. The molecule has 2 saturated heterocycles. The molecule has 0 aromatic heterocycles. The fourth-order valence-electron chi connectivity index (χ4n) is 2.71. The van der Waals surface area contributed by atoms with Gasteiger partial charge in [-0.1, -0.05) is 37.3 Å². The van der Waals surface area contributed by atoms with E-state index in [-0.39, 0.29) is 12.4 Å². The molecule has 1 aromatic carbocycles. The summed E-state index contributed by atoms with van der Waals surface area (Å²) in [6.07, 6.45) is 2.73. The molecule has 2 heterocycles. The highest BCUT2D eigenvalue weighted by molar-refractivity contribution is 5.19. The minimum atomic E-state index is -0.570. The predicted octanol–water partition coefficient (Wildman–Crippen LogP) is 3.03. The SMILES string of the molecule is CCC1COC(OC2CC(c3ccccc3)CCO2)O1. The van der Waals surface area contributed by atoms with Gasteiger partial charge in [-0.3, -0.25) is 0 Å². The van der Waals surface area contributed by atoms with Crippen LogP contribution in [-0.4, -0.2) is 32.1 Å². The standard InChI is InChI=1S/C16H22O4/c1-2-14-11-18-16(19-14)20-15-10-13(8-9-17-15)12-6-4-3-5-7-12/h3-7,13-16H,2,8-11H2,1H3. The minimum absolute atomic E-state index is 0.147. The zero-order valence-corrected chi connectivity index (χ0v) is 11.9. The maximum atomic E-state index is 5.77. The van der Waals surface area contributed by atoms with Crippen molar-refractivity contribution < 1.29 is 18.9 Å². The van der Waals surface area contributed by atoms with Crippen molar-refractivity contribution in [3.05, 3.63) is 35.9 Å². The van der Waals surface area contributed by atoms with E-state index in [4.69, 9.17) is 18.9 Å². The topological polar surface area (TPSA) is 36.9 Å². The van der Waals surface area contributed by atoms with E-state index in [0.29, 0.717) is 19.1 Å². The molecule has 0 bridgehead atoms. The van der Waals surface area contributed by atoms with Crippen molar-refractivity contribution in [2.45, 2.75) is 51.0 Å². The molecular formula is C16H22O4. The number of hydrogen-bond acceptors (Lipinski definition) is 4. The lowest BCUT2D eigenvalue weighted by molar-refractivity contribution is -0.314. The summed E-state index contributed by atoms with van der Waals surface area (Å²) in [7, 11) is 0. The van der Waals surface area contributed by atoms with Crippen LogP contribution in [0.3, 0.4) is 0 Å². The second kappa shape index (κ2) is 6.68. The van der Waals surface area contributed by atoms with Crippen molar-refractivity contribution in [2.24, 2.45) is 0 Å². The fourth-order valence-corrected chi connectivity index (χ4v) is 2.71. The van der Waals surface area contributed by atoms with E-state index in [9.17, 15) is 0 Å². The molecule has 4 nitrogen and oxygen atoms in total. The maximum absolute atomic E-state index is 5.77. The van der Waals surface area contributed by atoms with Crippen molar-refractivity contribution in [3.8, 4) is 0 Å². The molecule has 4 unspecified atom stereocenters. The average molecular weight is 278 g/mol. The molecule has 0 aliphatic carbocycles. The largest absolute Gasteiger partial charge is 0.352 e. The van der Waals surface area contributed by atoms with Crippen LogP contribution in [0, 0.1) is 0 Å². The van der Waals surface area contributed by atoms with Crippen molar-refractivity contribution in [2.75, 3.05) is 13.2 Å². The number of benzene rings is 1. The molecule has 0 N–H and O–H groups in total. The van der Waals surface area contributed by atoms with E-state index in [2.05, 4.69) is 31.2 Å². The van der Waals surface area contributed by atoms with Gasteiger partial charge in [0.05, 0.1) is 19.3 Å². The number of ether oxygens (including phenoxy) is 4. The summed E-state index contributed by atoms with van der Waals surface area (Å²) in [5.41, 5.74) is 1.35. The quantitative estimate of drug-likeness (QED) is 0.848. The average Bonchev–Trinajstić information content (AvgIpc) is 2.96. The Labute approximate surface area is 120 Å². The number of hydrogen-bond donors (Lipinski definition) is 0. The summed E-state index contributed by atoms with van der Waals surface area (Å²) in [5, 5.41) is 0. The highest BCUT2D eigenvalue weighted by Gasteiger charge is 2.31. The molecule has 2 aliphatic rings. The molecule has 2 fully saturated rings. The Kier molecular flexibility index (Phi) is 4.68. The Morgan fingerprint density at radius 3 is 2.80 bits per heavy atom. The highest BCUT2D eigenvalue weighted by atomic mass is 16.9. The molecule has 3 rings (SSSR count). The van der Waals surface area contributed by atoms with Crippen LogP contribution in [-0.2, 0) is 18.9 Å². The van der Waals surface area contributed by atoms with Crippen molar-refractivity contribution in [1.29, 1.82) is 0 Å². The van der Waals surface area contributed by atoms with E-state index in [1.54, 1.807) is 0 Å². The summed E-state index contributed by atoms with van der Waals surface area (Å²) in [6.45, 7) is 2.84. The molecule has 0 radical (unpaired) electrons. The van der Waals surface area contributed by atoms with Crippen LogP contribution in [0.1, 0.15) is 37.7 Å². The van der Waals surface area contributed by atoms with Crippen molar-refractivity contribution >= 4 is 0 Å². The first kappa shape index (κ1) is 14.0. The second-order valence-corrected chi connectivity index (χ2v) is 5.36. The lowest BCUT2D eigenvalue weighted by Gasteiger charge is -2.30. The Morgan fingerprint density at radius 1 is 1.20 bits per heavy atom. The molecular weight excluding hydrogens is 256 g/mol. The monoisotopic (exact) mass is 278 g/mol. The van der Waals surface area contributed by atoms with Crippen molar-refractivity contribution in [3.63, 3.8) is 0 Å². The van der Waals surface area contributed by atoms with Gasteiger partial charge in [0.2, 0.25) is 0 Å². The molecule has 0 amide bonds. The third-order valence-electron chi connectivity index (χ3n) is 3.96. The van der Waals surface area contributed by atoms with E-state index < -0.39 is 6.48 Å². The molecule has 0 saturated carbocycles.